The van der Waals surface area contributed by atoms with Crippen molar-refractivity contribution in [3.8, 4) is 0 Å². The molecule has 0 amide bonds. The molecule has 7 heteroatoms. The fourth-order valence-corrected chi connectivity index (χ4v) is 4.96. The number of sulfonamides is 1. The average molecular weight is 354 g/mol. The van der Waals surface area contributed by atoms with Crippen molar-refractivity contribution in [1.82, 2.24) is 14.1 Å². The van der Waals surface area contributed by atoms with Crippen molar-refractivity contribution in [2.75, 3.05) is 13.1 Å². The molecule has 2 heterocycles. The summed E-state index contributed by atoms with van der Waals surface area (Å²) in [6.45, 7) is 3.68. The van der Waals surface area contributed by atoms with Crippen molar-refractivity contribution >= 4 is 21.6 Å². The Morgan fingerprint density at radius 3 is 2.65 bits per heavy atom. The second-order valence-electron chi connectivity index (χ2n) is 5.94. The van der Waals surface area contributed by atoms with Gasteiger partial charge >= 0.3 is 0 Å². The van der Waals surface area contributed by atoms with Crippen molar-refractivity contribution in [3.63, 3.8) is 0 Å². The Bertz CT molecular complexity index is 767. The molecule has 0 spiro atoms. The largest absolute Gasteiger partial charge is 0.272 e. The molecule has 0 atom stereocenters. The maximum Gasteiger partial charge on any atom is 0.243 e. The molecule has 124 valence electrons. The molecule has 1 aliphatic heterocycles. The highest BCUT2D eigenvalue weighted by Crippen LogP contribution is 2.29. The van der Waals surface area contributed by atoms with E-state index >= 15 is 0 Å². The number of hydrogen-bond donors (Lipinski definition) is 0. The molecule has 3 rings (SSSR count). The number of benzene rings is 1. The van der Waals surface area contributed by atoms with Gasteiger partial charge in [0.1, 0.15) is 0 Å². The van der Waals surface area contributed by atoms with Crippen molar-refractivity contribution in [3.05, 3.63) is 47.2 Å². The predicted molar refractivity (Wildman–Crippen MR) is 89.9 cm³/mol. The van der Waals surface area contributed by atoms with Gasteiger partial charge in [-0.25, -0.2) is 8.42 Å². The summed E-state index contributed by atoms with van der Waals surface area (Å²) in [5, 5.41) is 4.70. The summed E-state index contributed by atoms with van der Waals surface area (Å²) in [5.41, 5.74) is 0.618. The molecule has 2 aromatic rings. The van der Waals surface area contributed by atoms with Gasteiger partial charge in [-0.05, 0) is 49.4 Å². The molecule has 1 aromatic heterocycles. The zero-order valence-electron chi connectivity index (χ0n) is 13.0. The third-order valence-electron chi connectivity index (χ3n) is 4.41. The quantitative estimate of drug-likeness (QED) is 0.849. The number of rotatable bonds is 4. The van der Waals surface area contributed by atoms with Gasteiger partial charge in [0.2, 0.25) is 10.0 Å². The summed E-state index contributed by atoms with van der Waals surface area (Å²) in [5.74, 6) is 0.460. The van der Waals surface area contributed by atoms with Crippen LogP contribution in [0, 0.1) is 12.8 Å². The molecule has 0 saturated carbocycles. The second-order valence-corrected chi connectivity index (χ2v) is 8.25. The minimum atomic E-state index is -3.47. The second kappa shape index (κ2) is 6.63. The zero-order valence-corrected chi connectivity index (χ0v) is 14.6. The Labute approximate surface area is 141 Å². The highest BCUT2D eigenvalue weighted by molar-refractivity contribution is 7.89. The summed E-state index contributed by atoms with van der Waals surface area (Å²) in [6.07, 6.45) is 5.40. The van der Waals surface area contributed by atoms with Crippen molar-refractivity contribution in [2.45, 2.75) is 31.2 Å². The van der Waals surface area contributed by atoms with Crippen LogP contribution in [0.5, 0.6) is 0 Å². The van der Waals surface area contributed by atoms with E-state index in [9.17, 15) is 8.42 Å². The smallest absolute Gasteiger partial charge is 0.243 e. The minimum absolute atomic E-state index is 0.315. The van der Waals surface area contributed by atoms with Gasteiger partial charge in [-0.2, -0.15) is 9.40 Å². The first kappa shape index (κ1) is 16.5. The highest BCUT2D eigenvalue weighted by Gasteiger charge is 2.30. The third kappa shape index (κ3) is 3.44. The fourth-order valence-electron chi connectivity index (χ4n) is 3.01. The highest BCUT2D eigenvalue weighted by atomic mass is 35.5. The van der Waals surface area contributed by atoms with Gasteiger partial charge in [-0.1, -0.05) is 17.7 Å². The van der Waals surface area contributed by atoms with Crippen LogP contribution in [0.1, 0.15) is 18.4 Å². The summed E-state index contributed by atoms with van der Waals surface area (Å²) in [4.78, 5) is 0.315. The molecule has 0 bridgehead atoms. The molecule has 1 saturated heterocycles. The summed E-state index contributed by atoms with van der Waals surface area (Å²) in [7, 11) is -3.47. The number of piperidine rings is 1. The lowest BCUT2D eigenvalue weighted by Crippen LogP contribution is -2.39. The van der Waals surface area contributed by atoms with Crippen LogP contribution >= 0.6 is 11.6 Å². The van der Waals surface area contributed by atoms with Crippen molar-refractivity contribution in [1.29, 1.82) is 0 Å². The maximum absolute atomic E-state index is 12.8. The van der Waals surface area contributed by atoms with Gasteiger partial charge in [0.15, 0.2) is 0 Å². The van der Waals surface area contributed by atoms with Gasteiger partial charge < -0.3 is 0 Å². The van der Waals surface area contributed by atoms with E-state index in [4.69, 9.17) is 11.6 Å². The van der Waals surface area contributed by atoms with Crippen LogP contribution in [0.25, 0.3) is 0 Å². The first-order valence-electron chi connectivity index (χ1n) is 7.71. The van der Waals surface area contributed by atoms with Crippen molar-refractivity contribution < 1.29 is 8.42 Å². The van der Waals surface area contributed by atoms with Gasteiger partial charge in [-0.3, -0.25) is 4.68 Å². The van der Waals surface area contributed by atoms with Gasteiger partial charge in [0.05, 0.1) is 4.90 Å². The van der Waals surface area contributed by atoms with E-state index in [2.05, 4.69) is 5.10 Å². The monoisotopic (exact) mass is 353 g/mol. The SMILES string of the molecule is Cc1c(Cl)cccc1S(=O)(=O)N1CCC(Cn2cccn2)CC1. The van der Waals surface area contributed by atoms with Crippen LogP contribution in [-0.2, 0) is 16.6 Å². The van der Waals surface area contributed by atoms with E-state index in [1.165, 1.54) is 0 Å². The molecule has 1 fully saturated rings. The first-order valence-corrected chi connectivity index (χ1v) is 9.53. The Hall–Kier alpha value is -1.37. The summed E-state index contributed by atoms with van der Waals surface area (Å²) >= 11 is 6.07. The molecule has 5 nitrogen and oxygen atoms in total. The fraction of sp³-hybridized carbons (Fsp3) is 0.438. The number of hydrogen-bond acceptors (Lipinski definition) is 3. The van der Waals surface area contributed by atoms with Crippen LogP contribution in [-0.4, -0.2) is 35.6 Å². The summed E-state index contributed by atoms with van der Waals surface area (Å²) < 4.78 is 29.2. The molecular weight excluding hydrogens is 334 g/mol. The Balaban J connectivity index is 1.70. The maximum atomic E-state index is 12.8. The summed E-state index contributed by atoms with van der Waals surface area (Å²) in [6, 6.07) is 6.94. The lowest BCUT2D eigenvalue weighted by Gasteiger charge is -2.31. The molecule has 0 radical (unpaired) electrons. The number of nitrogens with zero attached hydrogens (tertiary/aromatic N) is 3. The topological polar surface area (TPSA) is 55.2 Å². The van der Waals surface area contributed by atoms with Crippen LogP contribution in [0.2, 0.25) is 5.02 Å². The Morgan fingerprint density at radius 1 is 1.26 bits per heavy atom. The first-order chi connectivity index (χ1) is 11.0. The van der Waals surface area contributed by atoms with Crippen LogP contribution in [0.4, 0.5) is 0 Å². The third-order valence-corrected chi connectivity index (χ3v) is 6.87. The lowest BCUT2D eigenvalue weighted by molar-refractivity contribution is 0.247. The predicted octanol–water partition coefficient (Wildman–Crippen LogP) is 2.95. The van der Waals surface area contributed by atoms with E-state index in [0.717, 1.165) is 19.4 Å². The Morgan fingerprint density at radius 2 is 2.00 bits per heavy atom. The van der Waals surface area contributed by atoms with Gasteiger partial charge in [0.25, 0.3) is 0 Å². The standard InChI is InChI=1S/C16H20ClN3O2S/c1-13-15(17)4-2-5-16(13)23(21,22)20-10-6-14(7-11-20)12-19-9-3-8-18-19/h2-5,8-9,14H,6-7,10-12H2,1H3. The van der Waals surface area contributed by atoms with Crippen molar-refractivity contribution in [2.24, 2.45) is 5.92 Å². The van der Waals surface area contributed by atoms with Crippen LogP contribution < -0.4 is 0 Å². The van der Waals surface area contributed by atoms with Gasteiger partial charge in [-0.15, -0.1) is 0 Å². The van der Waals surface area contributed by atoms with E-state index in [1.807, 2.05) is 16.9 Å². The van der Waals surface area contributed by atoms with E-state index in [1.54, 1.807) is 35.6 Å². The van der Waals surface area contributed by atoms with E-state index in [0.29, 0.717) is 34.5 Å². The molecule has 1 aromatic carbocycles. The van der Waals surface area contributed by atoms with E-state index < -0.39 is 10.0 Å². The Kier molecular flexibility index (Phi) is 4.75. The number of aromatic nitrogens is 2. The molecule has 0 aliphatic carbocycles. The lowest BCUT2D eigenvalue weighted by atomic mass is 9.98. The molecule has 0 N–H and O–H groups in total. The molecular formula is C16H20ClN3O2S. The van der Waals surface area contributed by atoms with Gasteiger partial charge in [0, 0.05) is 37.1 Å². The average Bonchev–Trinajstić information content (AvgIpc) is 3.03. The molecule has 23 heavy (non-hydrogen) atoms. The molecule has 1 aliphatic rings. The van der Waals surface area contributed by atoms with Crippen LogP contribution in [0.15, 0.2) is 41.6 Å². The molecule has 0 unspecified atom stereocenters. The van der Waals surface area contributed by atoms with E-state index in [-0.39, 0.29) is 0 Å². The minimum Gasteiger partial charge on any atom is -0.272 e. The number of halogens is 1. The van der Waals surface area contributed by atoms with Crippen LogP contribution in [0.3, 0.4) is 0 Å². The normalized spacial score (nSPS) is 17.5. The zero-order chi connectivity index (χ0) is 16.4.